The van der Waals surface area contributed by atoms with Gasteiger partial charge in [0, 0.05) is 11.5 Å². The lowest BCUT2D eigenvalue weighted by molar-refractivity contribution is -0.142. The number of hydrogen-bond acceptors (Lipinski definition) is 1. The Balaban J connectivity index is 2.23. The van der Waals surface area contributed by atoms with Crippen LogP contribution in [0.1, 0.15) is 40.0 Å². The van der Waals surface area contributed by atoms with Gasteiger partial charge in [0.05, 0.1) is 6.04 Å². The van der Waals surface area contributed by atoms with Crippen molar-refractivity contribution in [3.05, 3.63) is 0 Å². The zero-order chi connectivity index (χ0) is 11.2. The van der Waals surface area contributed by atoms with Gasteiger partial charge in [-0.3, -0.25) is 4.79 Å². The predicted octanol–water partition coefficient (Wildman–Crippen LogP) is 2.05. The first-order valence-corrected chi connectivity index (χ1v) is 5.74. The van der Waals surface area contributed by atoms with Crippen molar-refractivity contribution in [3.8, 4) is 12.3 Å². The number of piperidine rings is 1. The van der Waals surface area contributed by atoms with Gasteiger partial charge in [0.25, 0.3) is 0 Å². The molecule has 1 saturated heterocycles. The van der Waals surface area contributed by atoms with Gasteiger partial charge in [-0.15, -0.1) is 6.42 Å². The predicted molar refractivity (Wildman–Crippen MR) is 60.1 cm³/mol. The molecule has 3 atom stereocenters. The van der Waals surface area contributed by atoms with Crippen LogP contribution < -0.4 is 0 Å². The zero-order valence-corrected chi connectivity index (χ0v) is 9.79. The minimum atomic E-state index is -0.306. The Hall–Kier alpha value is -0.970. The molecular formula is C13H19NO. The molecule has 1 heterocycles. The quantitative estimate of drug-likeness (QED) is 0.554. The first-order valence-electron chi connectivity index (χ1n) is 5.74. The summed E-state index contributed by atoms with van der Waals surface area (Å²) in [6.07, 6.45) is 9.01. The SMILES string of the molecule is C#C[C@@H]1[C@H]2CC[C@H](C2)N1C(=O)C(C)(C)C. The van der Waals surface area contributed by atoms with Crippen molar-refractivity contribution in [2.45, 2.75) is 52.1 Å². The van der Waals surface area contributed by atoms with E-state index >= 15 is 0 Å². The summed E-state index contributed by atoms with van der Waals surface area (Å²) >= 11 is 0. The van der Waals surface area contributed by atoms with Crippen LogP contribution in [0.2, 0.25) is 0 Å². The normalized spacial score (nSPS) is 34.3. The van der Waals surface area contributed by atoms with Gasteiger partial charge in [-0.2, -0.15) is 0 Å². The lowest BCUT2D eigenvalue weighted by Crippen LogP contribution is -2.48. The van der Waals surface area contributed by atoms with Crippen molar-refractivity contribution in [1.82, 2.24) is 4.90 Å². The van der Waals surface area contributed by atoms with Crippen molar-refractivity contribution >= 4 is 5.91 Å². The van der Waals surface area contributed by atoms with E-state index in [0.29, 0.717) is 12.0 Å². The Bertz CT molecular complexity index is 320. The molecule has 1 aliphatic heterocycles. The maximum absolute atomic E-state index is 12.3. The van der Waals surface area contributed by atoms with Gasteiger partial charge >= 0.3 is 0 Å². The highest BCUT2D eigenvalue weighted by atomic mass is 16.2. The van der Waals surface area contributed by atoms with Gasteiger partial charge in [0.2, 0.25) is 5.91 Å². The summed E-state index contributed by atoms with van der Waals surface area (Å²) in [6, 6.07) is 0.484. The molecule has 0 radical (unpaired) electrons. The van der Waals surface area contributed by atoms with Gasteiger partial charge < -0.3 is 4.90 Å². The Morgan fingerprint density at radius 1 is 1.40 bits per heavy atom. The first kappa shape index (κ1) is 10.5. The van der Waals surface area contributed by atoms with E-state index in [1.165, 1.54) is 6.42 Å². The Labute approximate surface area is 92.0 Å². The summed E-state index contributed by atoms with van der Waals surface area (Å²) in [5.41, 5.74) is -0.306. The van der Waals surface area contributed by atoms with E-state index in [1.807, 2.05) is 25.7 Å². The third-order valence-corrected chi connectivity index (χ3v) is 3.63. The molecule has 2 aliphatic rings. The molecule has 1 saturated carbocycles. The maximum atomic E-state index is 12.3. The average Bonchev–Trinajstić information content (AvgIpc) is 2.73. The molecule has 0 aromatic heterocycles. The fourth-order valence-electron chi connectivity index (χ4n) is 2.88. The summed E-state index contributed by atoms with van der Waals surface area (Å²) in [4.78, 5) is 14.2. The van der Waals surface area contributed by atoms with E-state index in [-0.39, 0.29) is 17.4 Å². The number of terminal acetylenes is 1. The van der Waals surface area contributed by atoms with E-state index in [9.17, 15) is 4.79 Å². The number of fused-ring (bicyclic) bond motifs is 2. The van der Waals surface area contributed by atoms with Gasteiger partial charge in [0.15, 0.2) is 0 Å². The van der Waals surface area contributed by atoms with Crippen molar-refractivity contribution in [2.24, 2.45) is 11.3 Å². The second kappa shape index (κ2) is 3.27. The molecule has 0 spiro atoms. The highest BCUT2D eigenvalue weighted by Gasteiger charge is 2.49. The molecule has 15 heavy (non-hydrogen) atoms. The van der Waals surface area contributed by atoms with E-state index in [1.54, 1.807) is 0 Å². The second-order valence-electron chi connectivity index (χ2n) is 5.80. The van der Waals surface area contributed by atoms with Crippen LogP contribution in [0, 0.1) is 23.7 Å². The van der Waals surface area contributed by atoms with Gasteiger partial charge in [-0.1, -0.05) is 26.7 Å². The minimum Gasteiger partial charge on any atom is -0.325 e. The van der Waals surface area contributed by atoms with E-state index < -0.39 is 0 Å². The maximum Gasteiger partial charge on any atom is 0.229 e. The van der Waals surface area contributed by atoms with Crippen molar-refractivity contribution < 1.29 is 4.79 Å². The summed E-state index contributed by atoms with van der Waals surface area (Å²) in [5.74, 6) is 3.58. The summed E-state index contributed by atoms with van der Waals surface area (Å²) < 4.78 is 0. The summed E-state index contributed by atoms with van der Waals surface area (Å²) in [5, 5.41) is 0. The molecule has 2 nitrogen and oxygen atoms in total. The number of nitrogens with zero attached hydrogens (tertiary/aromatic N) is 1. The van der Waals surface area contributed by atoms with Gasteiger partial charge in [0.1, 0.15) is 0 Å². The second-order valence-corrected chi connectivity index (χ2v) is 5.80. The standard InChI is InChI=1S/C13H19NO/c1-5-11-9-6-7-10(8-9)14(11)12(15)13(2,3)4/h1,9-11H,6-8H2,2-4H3/t9-,10+,11+/m0/s1. The number of carbonyl (C=O) groups excluding carboxylic acids is 1. The van der Waals surface area contributed by atoms with E-state index in [4.69, 9.17) is 6.42 Å². The number of likely N-dealkylation sites (tertiary alicyclic amines) is 1. The van der Waals surface area contributed by atoms with Crippen molar-refractivity contribution in [1.29, 1.82) is 0 Å². The highest BCUT2D eigenvalue weighted by Crippen LogP contribution is 2.43. The fraction of sp³-hybridized carbons (Fsp3) is 0.769. The molecule has 2 fully saturated rings. The largest absolute Gasteiger partial charge is 0.325 e. The van der Waals surface area contributed by atoms with E-state index in [0.717, 1.165) is 12.8 Å². The topological polar surface area (TPSA) is 20.3 Å². The van der Waals surface area contributed by atoms with Gasteiger partial charge in [-0.25, -0.2) is 0 Å². The van der Waals surface area contributed by atoms with Crippen LogP contribution in [-0.4, -0.2) is 22.9 Å². The Morgan fingerprint density at radius 2 is 2.07 bits per heavy atom. The van der Waals surface area contributed by atoms with Crippen LogP contribution in [0.3, 0.4) is 0 Å². The van der Waals surface area contributed by atoms with Crippen LogP contribution >= 0.6 is 0 Å². The Kier molecular flexibility index (Phi) is 2.30. The molecule has 2 heteroatoms. The van der Waals surface area contributed by atoms with Crippen LogP contribution in [0.15, 0.2) is 0 Å². The molecule has 0 unspecified atom stereocenters. The summed E-state index contributed by atoms with van der Waals surface area (Å²) in [7, 11) is 0. The number of hydrogen-bond donors (Lipinski definition) is 0. The van der Waals surface area contributed by atoms with Gasteiger partial charge in [-0.05, 0) is 25.2 Å². The van der Waals surface area contributed by atoms with Crippen LogP contribution in [0.25, 0.3) is 0 Å². The monoisotopic (exact) mass is 205 g/mol. The molecule has 1 aliphatic carbocycles. The third-order valence-electron chi connectivity index (χ3n) is 3.63. The van der Waals surface area contributed by atoms with Crippen LogP contribution in [0.5, 0.6) is 0 Å². The number of carbonyl (C=O) groups is 1. The smallest absolute Gasteiger partial charge is 0.229 e. The fourth-order valence-corrected chi connectivity index (χ4v) is 2.88. The summed E-state index contributed by atoms with van der Waals surface area (Å²) in [6.45, 7) is 5.90. The lowest BCUT2D eigenvalue weighted by atomic mass is 9.91. The Morgan fingerprint density at radius 3 is 2.60 bits per heavy atom. The molecule has 0 N–H and O–H groups in total. The molecule has 0 aromatic rings. The molecule has 82 valence electrons. The molecule has 1 amide bonds. The zero-order valence-electron chi connectivity index (χ0n) is 9.79. The number of rotatable bonds is 0. The van der Waals surface area contributed by atoms with Crippen molar-refractivity contribution in [3.63, 3.8) is 0 Å². The third kappa shape index (κ3) is 1.55. The lowest BCUT2D eigenvalue weighted by Gasteiger charge is -2.36. The van der Waals surface area contributed by atoms with E-state index in [2.05, 4.69) is 5.92 Å². The highest BCUT2D eigenvalue weighted by molar-refractivity contribution is 5.83. The number of amides is 1. The minimum absolute atomic E-state index is 0.0653. The van der Waals surface area contributed by atoms with Crippen LogP contribution in [-0.2, 0) is 4.79 Å². The van der Waals surface area contributed by atoms with Crippen molar-refractivity contribution in [2.75, 3.05) is 0 Å². The first-order chi connectivity index (χ1) is 6.95. The molecule has 2 bridgehead atoms. The average molecular weight is 205 g/mol. The molecular weight excluding hydrogens is 186 g/mol. The molecule has 0 aromatic carbocycles. The van der Waals surface area contributed by atoms with Crippen LogP contribution in [0.4, 0.5) is 0 Å². The molecule has 2 rings (SSSR count).